The Labute approximate surface area is 107 Å². The minimum Gasteiger partial charge on any atom is -0.396 e. The second kappa shape index (κ2) is 5.96. The predicted molar refractivity (Wildman–Crippen MR) is 70.1 cm³/mol. The number of carbonyl (C=O) groups is 1. The van der Waals surface area contributed by atoms with E-state index in [2.05, 4.69) is 4.90 Å². The summed E-state index contributed by atoms with van der Waals surface area (Å²) in [6.07, 6.45) is 4.21. The second-order valence-corrected chi connectivity index (χ2v) is 4.81. The van der Waals surface area contributed by atoms with Crippen LogP contribution < -0.4 is 5.73 Å². The number of nitrogens with zero attached hydrogens (tertiary/aromatic N) is 1. The molecule has 4 heteroatoms. The van der Waals surface area contributed by atoms with Gasteiger partial charge in [0.15, 0.2) is 5.78 Å². The Balaban J connectivity index is 1.88. The maximum atomic E-state index is 13.0. The van der Waals surface area contributed by atoms with Crippen LogP contribution in [0.25, 0.3) is 0 Å². The van der Waals surface area contributed by atoms with Gasteiger partial charge in [0.2, 0.25) is 0 Å². The summed E-state index contributed by atoms with van der Waals surface area (Å²) in [7, 11) is 0. The summed E-state index contributed by atoms with van der Waals surface area (Å²) in [6.45, 7) is 2.95. The Hall–Kier alpha value is -1.42. The zero-order valence-electron chi connectivity index (χ0n) is 10.5. The van der Waals surface area contributed by atoms with Crippen molar-refractivity contribution in [2.24, 2.45) is 0 Å². The summed E-state index contributed by atoms with van der Waals surface area (Å²) in [6, 6.07) is 4.18. The molecule has 0 spiro atoms. The fraction of sp³-hybridized carbons (Fsp3) is 0.500. The van der Waals surface area contributed by atoms with Gasteiger partial charge in [0.25, 0.3) is 0 Å². The third kappa shape index (κ3) is 3.29. The normalized spacial score (nSPS) is 16.7. The van der Waals surface area contributed by atoms with Gasteiger partial charge in [-0.2, -0.15) is 0 Å². The largest absolute Gasteiger partial charge is 0.396 e. The van der Waals surface area contributed by atoms with E-state index < -0.39 is 5.82 Å². The zero-order valence-corrected chi connectivity index (χ0v) is 10.5. The van der Waals surface area contributed by atoms with Crippen LogP contribution in [0.4, 0.5) is 10.1 Å². The van der Waals surface area contributed by atoms with Crippen LogP contribution in [0.2, 0.25) is 0 Å². The number of ketones is 1. The highest BCUT2D eigenvalue weighted by Crippen LogP contribution is 2.15. The Kier molecular flexibility index (Phi) is 4.31. The fourth-order valence-corrected chi connectivity index (χ4v) is 2.30. The molecule has 1 saturated heterocycles. The molecule has 1 aromatic carbocycles. The number of rotatable bonds is 4. The van der Waals surface area contributed by atoms with Gasteiger partial charge in [-0.05, 0) is 44.1 Å². The van der Waals surface area contributed by atoms with Crippen LogP contribution in [0.1, 0.15) is 36.0 Å². The van der Waals surface area contributed by atoms with E-state index in [0.717, 1.165) is 19.6 Å². The van der Waals surface area contributed by atoms with E-state index in [1.54, 1.807) is 0 Å². The molecular weight excluding hydrogens is 231 g/mol. The molecule has 98 valence electrons. The minimum absolute atomic E-state index is 0.0345. The minimum atomic E-state index is -0.470. The summed E-state index contributed by atoms with van der Waals surface area (Å²) in [5.74, 6) is -0.435. The average molecular weight is 250 g/mol. The number of anilines is 1. The van der Waals surface area contributed by atoms with Crippen molar-refractivity contribution >= 4 is 11.5 Å². The smallest absolute Gasteiger partial charge is 0.164 e. The third-order valence-corrected chi connectivity index (χ3v) is 3.42. The number of nitrogen functional groups attached to an aromatic ring is 1. The number of nitrogens with two attached hydrogens (primary N) is 1. The van der Waals surface area contributed by atoms with Crippen molar-refractivity contribution in [3.63, 3.8) is 0 Å². The standard InChI is InChI=1S/C14H19FN2O/c15-12-5-4-11(10-13(12)16)14(18)6-9-17-7-2-1-3-8-17/h4-5,10H,1-3,6-9,16H2. The Morgan fingerprint density at radius 3 is 2.67 bits per heavy atom. The fourth-order valence-electron chi connectivity index (χ4n) is 2.30. The molecule has 0 atom stereocenters. The quantitative estimate of drug-likeness (QED) is 0.659. The molecule has 0 saturated carbocycles. The number of piperidine rings is 1. The molecule has 0 unspecified atom stereocenters. The zero-order chi connectivity index (χ0) is 13.0. The van der Waals surface area contributed by atoms with Crippen molar-refractivity contribution in [1.29, 1.82) is 0 Å². The molecule has 0 aromatic heterocycles. The highest BCUT2D eigenvalue weighted by molar-refractivity contribution is 5.96. The first-order chi connectivity index (χ1) is 8.66. The monoisotopic (exact) mass is 250 g/mol. The molecule has 1 heterocycles. The van der Waals surface area contributed by atoms with Gasteiger partial charge in [0, 0.05) is 18.5 Å². The van der Waals surface area contributed by atoms with Crippen molar-refractivity contribution in [2.45, 2.75) is 25.7 Å². The predicted octanol–water partition coefficient (Wildman–Crippen LogP) is 2.47. The molecule has 0 aliphatic carbocycles. The lowest BCUT2D eigenvalue weighted by Gasteiger charge is -2.25. The number of halogens is 1. The van der Waals surface area contributed by atoms with Crippen LogP contribution >= 0.6 is 0 Å². The van der Waals surface area contributed by atoms with Crippen molar-refractivity contribution in [1.82, 2.24) is 4.90 Å². The van der Waals surface area contributed by atoms with E-state index in [4.69, 9.17) is 5.73 Å². The SMILES string of the molecule is Nc1cc(C(=O)CCN2CCCCC2)ccc1F. The third-order valence-electron chi connectivity index (χ3n) is 3.42. The van der Waals surface area contributed by atoms with Crippen LogP contribution in [0, 0.1) is 5.82 Å². The first kappa shape index (κ1) is 13.0. The highest BCUT2D eigenvalue weighted by Gasteiger charge is 2.13. The number of likely N-dealkylation sites (tertiary alicyclic amines) is 1. The number of benzene rings is 1. The maximum Gasteiger partial charge on any atom is 0.164 e. The van der Waals surface area contributed by atoms with Crippen molar-refractivity contribution < 1.29 is 9.18 Å². The lowest BCUT2D eigenvalue weighted by Crippen LogP contribution is -2.31. The van der Waals surface area contributed by atoms with Crippen LogP contribution in [0.15, 0.2) is 18.2 Å². The van der Waals surface area contributed by atoms with E-state index in [-0.39, 0.29) is 11.5 Å². The molecule has 2 rings (SSSR count). The Morgan fingerprint density at radius 1 is 1.28 bits per heavy atom. The summed E-state index contributed by atoms with van der Waals surface area (Å²) < 4.78 is 13.0. The number of Topliss-reactive ketones (excluding diaryl/α,β-unsaturated/α-hetero) is 1. The first-order valence-corrected chi connectivity index (χ1v) is 6.47. The molecule has 2 N–H and O–H groups in total. The molecule has 0 radical (unpaired) electrons. The molecule has 0 bridgehead atoms. The van der Waals surface area contributed by atoms with Gasteiger partial charge in [0.1, 0.15) is 5.82 Å². The van der Waals surface area contributed by atoms with Crippen LogP contribution in [0.3, 0.4) is 0 Å². The van der Waals surface area contributed by atoms with Gasteiger partial charge in [-0.15, -0.1) is 0 Å². The lowest BCUT2D eigenvalue weighted by atomic mass is 10.1. The van der Waals surface area contributed by atoms with Crippen LogP contribution in [-0.4, -0.2) is 30.3 Å². The van der Waals surface area contributed by atoms with E-state index >= 15 is 0 Å². The van der Waals surface area contributed by atoms with E-state index in [9.17, 15) is 9.18 Å². The van der Waals surface area contributed by atoms with Crippen molar-refractivity contribution in [2.75, 3.05) is 25.4 Å². The maximum absolute atomic E-state index is 13.0. The first-order valence-electron chi connectivity index (χ1n) is 6.47. The summed E-state index contributed by atoms with van der Waals surface area (Å²) in [4.78, 5) is 14.3. The molecule has 1 fully saturated rings. The van der Waals surface area contributed by atoms with E-state index in [1.807, 2.05) is 0 Å². The molecule has 1 aliphatic heterocycles. The summed E-state index contributed by atoms with van der Waals surface area (Å²) in [5.41, 5.74) is 6.01. The Morgan fingerprint density at radius 2 is 2.00 bits per heavy atom. The van der Waals surface area contributed by atoms with Gasteiger partial charge < -0.3 is 10.6 Å². The second-order valence-electron chi connectivity index (χ2n) is 4.81. The average Bonchev–Trinajstić information content (AvgIpc) is 2.40. The van der Waals surface area contributed by atoms with Gasteiger partial charge in [-0.1, -0.05) is 6.42 Å². The molecule has 0 amide bonds. The van der Waals surface area contributed by atoms with Gasteiger partial charge >= 0.3 is 0 Å². The van der Waals surface area contributed by atoms with Crippen molar-refractivity contribution in [3.8, 4) is 0 Å². The van der Waals surface area contributed by atoms with Gasteiger partial charge in [0.05, 0.1) is 5.69 Å². The van der Waals surface area contributed by atoms with Crippen LogP contribution in [-0.2, 0) is 0 Å². The molecule has 1 aliphatic rings. The topological polar surface area (TPSA) is 46.3 Å². The van der Waals surface area contributed by atoms with Crippen molar-refractivity contribution in [3.05, 3.63) is 29.6 Å². The number of hydrogen-bond donors (Lipinski definition) is 1. The molecular formula is C14H19FN2O. The Bertz CT molecular complexity index is 428. The molecule has 1 aromatic rings. The number of hydrogen-bond acceptors (Lipinski definition) is 3. The van der Waals surface area contributed by atoms with E-state index in [1.165, 1.54) is 37.5 Å². The molecule has 18 heavy (non-hydrogen) atoms. The lowest BCUT2D eigenvalue weighted by molar-refractivity contribution is 0.0958. The summed E-state index contributed by atoms with van der Waals surface area (Å²) in [5, 5.41) is 0. The summed E-state index contributed by atoms with van der Waals surface area (Å²) >= 11 is 0. The van der Waals surface area contributed by atoms with Crippen LogP contribution in [0.5, 0.6) is 0 Å². The van der Waals surface area contributed by atoms with Gasteiger partial charge in [-0.3, -0.25) is 4.79 Å². The van der Waals surface area contributed by atoms with E-state index in [0.29, 0.717) is 12.0 Å². The molecule has 3 nitrogen and oxygen atoms in total. The number of carbonyl (C=O) groups excluding carboxylic acids is 1. The highest BCUT2D eigenvalue weighted by atomic mass is 19.1. The van der Waals surface area contributed by atoms with Gasteiger partial charge in [-0.25, -0.2) is 4.39 Å².